The van der Waals surface area contributed by atoms with Gasteiger partial charge in [-0.2, -0.15) is 15.0 Å². The number of hydrogen-bond acceptors (Lipinski definition) is 9. The van der Waals surface area contributed by atoms with Crippen molar-refractivity contribution in [1.82, 2.24) is 15.0 Å². The minimum Gasteiger partial charge on any atom is -0.497 e. The molecule has 4 aromatic rings. The van der Waals surface area contributed by atoms with Crippen molar-refractivity contribution in [3.63, 3.8) is 0 Å². The lowest BCUT2D eigenvalue weighted by Crippen LogP contribution is -2.24. The number of hydrogen-bond donors (Lipinski definition) is 1. The molecular weight excluding hydrogens is 430 g/mol. The number of nitrogens with one attached hydrogen (secondary N) is 1. The molecule has 0 bridgehead atoms. The summed E-state index contributed by atoms with van der Waals surface area (Å²) >= 11 is 3.43. The Kier molecular flexibility index (Phi) is 6.96. The van der Waals surface area contributed by atoms with Gasteiger partial charge in [0, 0.05) is 15.4 Å². The number of nitrogens with zero attached hydrogens (tertiary/aromatic N) is 4. The highest BCUT2D eigenvalue weighted by Crippen LogP contribution is 2.25. The first-order valence-corrected chi connectivity index (χ1v) is 11.6. The quantitative estimate of drug-likeness (QED) is 0.347. The normalized spacial score (nSPS) is 10.6. The molecular formula is C22H23N5O2S2. The molecule has 0 radical (unpaired) electrons. The Labute approximate surface area is 189 Å². The Balaban J connectivity index is 1.65. The molecule has 31 heavy (non-hydrogen) atoms. The lowest BCUT2D eigenvalue weighted by molar-refractivity contribution is 0.312. The first-order valence-electron chi connectivity index (χ1n) is 9.83. The van der Waals surface area contributed by atoms with Gasteiger partial charge < -0.3 is 19.7 Å². The monoisotopic (exact) mass is 453 g/mol. The number of thiophene rings is 2. The van der Waals surface area contributed by atoms with E-state index in [9.17, 15) is 0 Å². The predicted molar refractivity (Wildman–Crippen MR) is 126 cm³/mol. The van der Waals surface area contributed by atoms with Crippen LogP contribution in [0.5, 0.6) is 11.8 Å². The molecule has 0 saturated heterocycles. The van der Waals surface area contributed by atoms with Crippen molar-refractivity contribution in [2.24, 2.45) is 0 Å². The lowest BCUT2D eigenvalue weighted by atomic mass is 10.3. The molecule has 0 fully saturated rings. The number of ether oxygens (including phenoxy) is 2. The maximum atomic E-state index is 5.64. The highest BCUT2D eigenvalue weighted by Gasteiger charge is 2.17. The topological polar surface area (TPSA) is 72.4 Å². The van der Waals surface area contributed by atoms with Crippen molar-refractivity contribution < 1.29 is 9.47 Å². The van der Waals surface area contributed by atoms with Crippen LogP contribution in [0, 0.1) is 0 Å². The van der Waals surface area contributed by atoms with Gasteiger partial charge in [-0.1, -0.05) is 12.1 Å². The molecule has 4 rings (SSSR count). The van der Waals surface area contributed by atoms with Gasteiger partial charge in [0.05, 0.1) is 26.8 Å². The minimum absolute atomic E-state index is 0.297. The zero-order valence-corrected chi connectivity index (χ0v) is 18.9. The van der Waals surface area contributed by atoms with Crippen molar-refractivity contribution in [2.45, 2.75) is 20.0 Å². The van der Waals surface area contributed by atoms with Gasteiger partial charge >= 0.3 is 6.01 Å². The largest absolute Gasteiger partial charge is 0.497 e. The summed E-state index contributed by atoms with van der Waals surface area (Å²) in [5.41, 5.74) is 0.850. The van der Waals surface area contributed by atoms with Crippen LogP contribution in [-0.4, -0.2) is 28.7 Å². The Morgan fingerprint density at radius 1 is 0.903 bits per heavy atom. The molecule has 0 atom stereocenters. The van der Waals surface area contributed by atoms with E-state index in [0.29, 0.717) is 37.6 Å². The summed E-state index contributed by atoms with van der Waals surface area (Å²) in [5, 5.41) is 7.40. The Hall–Kier alpha value is -3.17. The second-order valence-corrected chi connectivity index (χ2v) is 8.61. The standard InChI is InChI=1S/C22H23N5O2S2/c1-3-29-22-25-20(23-16-8-10-17(28-2)11-9-16)24-21(26-22)27(14-18-6-4-12-30-18)15-19-7-5-13-31-19/h4-13H,3,14-15H2,1-2H3,(H,23,24,25,26). The lowest BCUT2D eigenvalue weighted by Gasteiger charge is -2.22. The molecule has 0 aliphatic heterocycles. The second kappa shape index (κ2) is 10.2. The third-order valence-electron chi connectivity index (χ3n) is 4.36. The van der Waals surface area contributed by atoms with Gasteiger partial charge in [-0.3, -0.25) is 0 Å². The Morgan fingerprint density at radius 3 is 2.13 bits per heavy atom. The molecule has 0 spiro atoms. The minimum atomic E-state index is 0.297. The first-order chi connectivity index (χ1) is 15.2. The molecule has 0 aliphatic rings. The Morgan fingerprint density at radius 2 is 1.58 bits per heavy atom. The van der Waals surface area contributed by atoms with Crippen LogP contribution in [0.3, 0.4) is 0 Å². The van der Waals surface area contributed by atoms with Crippen LogP contribution in [0.4, 0.5) is 17.6 Å². The molecule has 1 N–H and O–H groups in total. The number of anilines is 3. The van der Waals surface area contributed by atoms with E-state index in [1.54, 1.807) is 29.8 Å². The third-order valence-corrected chi connectivity index (χ3v) is 6.08. The summed E-state index contributed by atoms with van der Waals surface area (Å²) in [5.74, 6) is 1.78. The fourth-order valence-corrected chi connectivity index (χ4v) is 4.36. The molecule has 0 aliphatic carbocycles. The van der Waals surface area contributed by atoms with Crippen molar-refractivity contribution in [1.29, 1.82) is 0 Å². The second-order valence-electron chi connectivity index (χ2n) is 6.54. The number of benzene rings is 1. The van der Waals surface area contributed by atoms with Crippen molar-refractivity contribution in [2.75, 3.05) is 23.9 Å². The van der Waals surface area contributed by atoms with Gasteiger partial charge in [-0.15, -0.1) is 22.7 Å². The molecule has 160 valence electrons. The van der Waals surface area contributed by atoms with E-state index in [-0.39, 0.29) is 0 Å². The Bertz CT molecular complexity index is 1030. The van der Waals surface area contributed by atoms with Crippen LogP contribution in [0.1, 0.15) is 16.7 Å². The number of rotatable bonds is 10. The summed E-state index contributed by atoms with van der Waals surface area (Å²) in [6.45, 7) is 3.79. The van der Waals surface area contributed by atoms with Crippen LogP contribution in [0.15, 0.2) is 59.3 Å². The highest BCUT2D eigenvalue weighted by molar-refractivity contribution is 7.10. The number of methoxy groups -OCH3 is 1. The molecule has 0 amide bonds. The summed E-state index contributed by atoms with van der Waals surface area (Å²) < 4.78 is 10.9. The fourth-order valence-electron chi connectivity index (χ4n) is 2.92. The van der Waals surface area contributed by atoms with E-state index in [1.807, 2.05) is 31.2 Å². The summed E-state index contributed by atoms with van der Waals surface area (Å²) in [6.07, 6.45) is 0. The van der Waals surface area contributed by atoms with Crippen LogP contribution in [0.25, 0.3) is 0 Å². The van der Waals surface area contributed by atoms with Gasteiger partial charge in [0.2, 0.25) is 11.9 Å². The molecule has 3 heterocycles. The van der Waals surface area contributed by atoms with E-state index < -0.39 is 0 Å². The molecule has 7 nitrogen and oxygen atoms in total. The maximum absolute atomic E-state index is 5.64. The smallest absolute Gasteiger partial charge is 0.323 e. The number of aromatic nitrogens is 3. The van der Waals surface area contributed by atoms with E-state index in [0.717, 1.165) is 11.4 Å². The maximum Gasteiger partial charge on any atom is 0.323 e. The summed E-state index contributed by atoms with van der Waals surface area (Å²) in [4.78, 5) is 18.3. The van der Waals surface area contributed by atoms with Crippen molar-refractivity contribution >= 4 is 40.3 Å². The average molecular weight is 454 g/mol. The average Bonchev–Trinajstić information content (AvgIpc) is 3.48. The summed E-state index contributed by atoms with van der Waals surface area (Å²) in [7, 11) is 1.64. The van der Waals surface area contributed by atoms with Gasteiger partial charge in [0.1, 0.15) is 5.75 Å². The van der Waals surface area contributed by atoms with Crippen molar-refractivity contribution in [3.8, 4) is 11.8 Å². The van der Waals surface area contributed by atoms with Gasteiger partial charge in [-0.05, 0) is 54.1 Å². The molecule has 1 aromatic carbocycles. The van der Waals surface area contributed by atoms with E-state index in [2.05, 4.69) is 55.2 Å². The van der Waals surface area contributed by atoms with Crippen molar-refractivity contribution in [3.05, 3.63) is 69.0 Å². The van der Waals surface area contributed by atoms with Crippen LogP contribution in [-0.2, 0) is 13.1 Å². The predicted octanol–water partition coefficient (Wildman–Crippen LogP) is 5.35. The highest BCUT2D eigenvalue weighted by atomic mass is 32.1. The van der Waals surface area contributed by atoms with Crippen LogP contribution >= 0.6 is 22.7 Å². The molecule has 9 heteroatoms. The van der Waals surface area contributed by atoms with E-state index >= 15 is 0 Å². The zero-order valence-electron chi connectivity index (χ0n) is 17.3. The SMILES string of the molecule is CCOc1nc(Nc2ccc(OC)cc2)nc(N(Cc2cccs2)Cc2cccs2)n1. The van der Waals surface area contributed by atoms with Gasteiger partial charge in [0.25, 0.3) is 0 Å². The molecule has 0 saturated carbocycles. The van der Waals surface area contributed by atoms with Crippen LogP contribution in [0.2, 0.25) is 0 Å². The molecule has 3 aromatic heterocycles. The van der Waals surface area contributed by atoms with E-state index in [4.69, 9.17) is 14.5 Å². The van der Waals surface area contributed by atoms with Gasteiger partial charge in [0.15, 0.2) is 0 Å². The third kappa shape index (κ3) is 5.71. The zero-order chi connectivity index (χ0) is 21.5. The summed E-state index contributed by atoms with van der Waals surface area (Å²) in [6, 6.07) is 16.2. The fraction of sp³-hybridized carbons (Fsp3) is 0.227. The van der Waals surface area contributed by atoms with Gasteiger partial charge in [-0.25, -0.2) is 0 Å². The molecule has 0 unspecified atom stereocenters. The van der Waals surface area contributed by atoms with E-state index in [1.165, 1.54) is 9.75 Å². The van der Waals surface area contributed by atoms with Crippen LogP contribution < -0.4 is 19.7 Å². The first kappa shape index (κ1) is 21.1.